The van der Waals surface area contributed by atoms with E-state index < -0.39 is 0 Å². The molecule has 0 saturated carbocycles. The van der Waals surface area contributed by atoms with E-state index in [1.54, 1.807) is 0 Å². The summed E-state index contributed by atoms with van der Waals surface area (Å²) in [4.78, 5) is 0. The van der Waals surface area contributed by atoms with Crippen LogP contribution < -0.4 is 4.46 Å². The third kappa shape index (κ3) is 3.10. The van der Waals surface area contributed by atoms with Gasteiger partial charge >= 0.3 is 133 Å². The first-order valence-electron chi connectivity index (χ1n) is 7.13. The predicted molar refractivity (Wildman–Crippen MR) is 91.5 cm³/mol. The Balaban J connectivity index is 2.17. The van der Waals surface area contributed by atoms with E-state index in [1.165, 1.54) is 21.2 Å². The normalized spacial score (nSPS) is 10.8. The van der Waals surface area contributed by atoms with E-state index in [1.807, 2.05) is 0 Å². The van der Waals surface area contributed by atoms with Crippen LogP contribution in [0, 0.1) is 0 Å². The molecule has 0 unspecified atom stereocenters. The van der Waals surface area contributed by atoms with E-state index >= 15 is 0 Å². The number of rotatable bonds is 4. The Morgan fingerprint density at radius 2 is 1.10 bits per heavy atom. The molecule has 1 heteroatoms. The summed E-state index contributed by atoms with van der Waals surface area (Å²) in [6.07, 6.45) is 0. The van der Waals surface area contributed by atoms with Crippen LogP contribution in [0.25, 0.3) is 0 Å². The minimum atomic E-state index is 0.324. The molecule has 0 N–H and O–H groups in total. The quantitative estimate of drug-likeness (QED) is 0.493. The summed E-state index contributed by atoms with van der Waals surface area (Å²) in [7, 11) is 0. The fourth-order valence-electron chi connectivity index (χ4n) is 2.75. The monoisotopic (exact) mass is 338 g/mol. The van der Waals surface area contributed by atoms with Gasteiger partial charge in [0.25, 0.3) is 0 Å². The second-order valence-electron chi connectivity index (χ2n) is 5.00. The predicted octanol–water partition coefficient (Wildman–Crippen LogP) is 4.24. The van der Waals surface area contributed by atoms with E-state index in [4.69, 9.17) is 0 Å². The summed E-state index contributed by atoms with van der Waals surface area (Å²) in [6, 6.07) is 30.5. The van der Waals surface area contributed by atoms with E-state index in [0.29, 0.717) is 20.9 Å². The van der Waals surface area contributed by atoms with Gasteiger partial charge in [-0.1, -0.05) is 0 Å². The molecule has 0 radical (unpaired) electrons. The van der Waals surface area contributed by atoms with Crippen LogP contribution in [0.5, 0.6) is 0 Å². The molecule has 0 spiro atoms. The van der Waals surface area contributed by atoms with Crippen LogP contribution in [0.15, 0.2) is 84.9 Å². The molecule has 0 aliphatic carbocycles. The van der Waals surface area contributed by atoms with E-state index in [9.17, 15) is 0 Å². The average molecular weight is 337 g/mol. The molecule has 0 aromatic heterocycles. The third-order valence-electron chi connectivity index (χ3n) is 3.72. The Morgan fingerprint density at radius 3 is 1.62 bits per heavy atom. The standard InChI is InChI=1S/C20H18Se/c1-21-19-15-9-8-14-18(19)20(16-10-4-2-5-11-16)17-12-6-3-7-13-17/h2-15,20H,1H3. The first-order valence-corrected chi connectivity index (χ1v) is 9.70. The van der Waals surface area contributed by atoms with Gasteiger partial charge in [-0.3, -0.25) is 0 Å². The zero-order valence-electron chi connectivity index (χ0n) is 12.1. The molecule has 0 heterocycles. The van der Waals surface area contributed by atoms with Gasteiger partial charge in [-0.15, -0.1) is 0 Å². The summed E-state index contributed by atoms with van der Waals surface area (Å²) in [5.74, 6) is 2.62. The summed E-state index contributed by atoms with van der Waals surface area (Å²) in [5, 5.41) is 0. The van der Waals surface area contributed by atoms with Crippen molar-refractivity contribution < 1.29 is 0 Å². The molecule has 104 valence electrons. The van der Waals surface area contributed by atoms with Crippen molar-refractivity contribution in [3.63, 3.8) is 0 Å². The molecule has 3 rings (SSSR count). The van der Waals surface area contributed by atoms with Gasteiger partial charge < -0.3 is 0 Å². The first-order chi connectivity index (χ1) is 10.4. The fraction of sp³-hybridized carbons (Fsp3) is 0.100. The molecular weight excluding hydrogens is 319 g/mol. The van der Waals surface area contributed by atoms with Crippen LogP contribution >= 0.6 is 0 Å². The van der Waals surface area contributed by atoms with Gasteiger partial charge in [-0.05, 0) is 0 Å². The molecule has 3 aromatic carbocycles. The zero-order chi connectivity index (χ0) is 14.5. The minimum absolute atomic E-state index is 0.324. The third-order valence-corrected chi connectivity index (χ3v) is 5.42. The zero-order valence-corrected chi connectivity index (χ0v) is 13.8. The Labute approximate surface area is 133 Å². The summed E-state index contributed by atoms with van der Waals surface area (Å²) in [6.45, 7) is 0. The topological polar surface area (TPSA) is 0 Å². The van der Waals surface area contributed by atoms with Crippen LogP contribution in [0.2, 0.25) is 5.82 Å². The molecule has 0 fully saturated rings. The summed E-state index contributed by atoms with van der Waals surface area (Å²) >= 11 is 0.498. The van der Waals surface area contributed by atoms with Gasteiger partial charge in [-0.2, -0.15) is 0 Å². The summed E-state index contributed by atoms with van der Waals surface area (Å²) in [5.41, 5.74) is 4.17. The molecule has 0 aliphatic heterocycles. The van der Waals surface area contributed by atoms with Gasteiger partial charge in [0.2, 0.25) is 0 Å². The molecule has 0 nitrogen and oxygen atoms in total. The Morgan fingerprint density at radius 1 is 0.619 bits per heavy atom. The molecule has 0 atom stereocenters. The number of benzene rings is 3. The van der Waals surface area contributed by atoms with Crippen molar-refractivity contribution in [2.75, 3.05) is 0 Å². The van der Waals surface area contributed by atoms with E-state index in [2.05, 4.69) is 90.8 Å². The van der Waals surface area contributed by atoms with Crippen molar-refractivity contribution in [2.45, 2.75) is 11.7 Å². The van der Waals surface area contributed by atoms with Crippen LogP contribution in [0.1, 0.15) is 22.6 Å². The molecule has 0 saturated heterocycles. The molecule has 0 amide bonds. The second kappa shape index (κ2) is 6.76. The van der Waals surface area contributed by atoms with Crippen LogP contribution in [0.4, 0.5) is 0 Å². The Bertz CT molecular complexity index is 650. The molecule has 0 bridgehead atoms. The van der Waals surface area contributed by atoms with Crippen molar-refractivity contribution in [3.05, 3.63) is 102 Å². The van der Waals surface area contributed by atoms with E-state index in [-0.39, 0.29) is 0 Å². The fourth-order valence-corrected chi connectivity index (χ4v) is 4.08. The SMILES string of the molecule is C[Se]c1ccccc1C(c1ccccc1)c1ccccc1. The number of hydrogen-bond donors (Lipinski definition) is 0. The average Bonchev–Trinajstić information content (AvgIpc) is 2.58. The number of hydrogen-bond acceptors (Lipinski definition) is 0. The van der Waals surface area contributed by atoms with Gasteiger partial charge in [0, 0.05) is 0 Å². The first kappa shape index (κ1) is 14.1. The maximum atomic E-state index is 2.29. The molecule has 0 aliphatic rings. The van der Waals surface area contributed by atoms with Crippen LogP contribution in [-0.2, 0) is 0 Å². The second-order valence-corrected chi connectivity index (χ2v) is 6.78. The van der Waals surface area contributed by atoms with Crippen molar-refractivity contribution in [1.82, 2.24) is 0 Å². The molecule has 21 heavy (non-hydrogen) atoms. The maximum absolute atomic E-state index is 2.29. The van der Waals surface area contributed by atoms with E-state index in [0.717, 1.165) is 0 Å². The van der Waals surface area contributed by atoms with Gasteiger partial charge in [0.1, 0.15) is 0 Å². The van der Waals surface area contributed by atoms with Gasteiger partial charge in [-0.25, -0.2) is 0 Å². The molecular formula is C20H18Se. The van der Waals surface area contributed by atoms with Crippen molar-refractivity contribution in [2.24, 2.45) is 0 Å². The van der Waals surface area contributed by atoms with Crippen molar-refractivity contribution >= 4 is 19.4 Å². The van der Waals surface area contributed by atoms with Crippen LogP contribution in [0.3, 0.4) is 0 Å². The van der Waals surface area contributed by atoms with Crippen LogP contribution in [-0.4, -0.2) is 15.0 Å². The molecule has 3 aromatic rings. The van der Waals surface area contributed by atoms with Gasteiger partial charge in [0.05, 0.1) is 0 Å². The van der Waals surface area contributed by atoms with Crippen molar-refractivity contribution in [1.29, 1.82) is 0 Å². The Kier molecular flexibility index (Phi) is 4.55. The Hall–Kier alpha value is -1.82. The van der Waals surface area contributed by atoms with Crippen molar-refractivity contribution in [3.8, 4) is 0 Å². The van der Waals surface area contributed by atoms with Gasteiger partial charge in [0.15, 0.2) is 0 Å². The summed E-state index contributed by atoms with van der Waals surface area (Å²) < 4.78 is 1.49.